The number of alkyl halides is 3. The highest BCUT2D eigenvalue weighted by molar-refractivity contribution is 5.59. The second-order valence-corrected chi connectivity index (χ2v) is 9.67. The number of hydrogen-bond acceptors (Lipinski definition) is 7. The zero-order chi connectivity index (χ0) is 25.6. The normalized spacial score (nSPS) is 17.2. The number of piperazine rings is 1. The Morgan fingerprint density at radius 2 is 1.81 bits per heavy atom. The molecule has 3 aromatic heterocycles. The lowest BCUT2D eigenvalue weighted by atomic mass is 9.94. The highest BCUT2D eigenvalue weighted by Crippen LogP contribution is 2.58. The minimum Gasteiger partial charge on any atom is -0.354 e. The maximum atomic E-state index is 13.4. The molecular weight excluding hydrogens is 483 g/mol. The Bertz CT molecular complexity index is 1400. The van der Waals surface area contributed by atoms with E-state index in [-0.39, 0.29) is 24.3 Å². The molecule has 1 aliphatic carbocycles. The third kappa shape index (κ3) is 4.48. The molecule has 0 amide bonds. The highest BCUT2D eigenvalue weighted by Gasteiger charge is 2.64. The number of rotatable bonds is 6. The van der Waals surface area contributed by atoms with E-state index < -0.39 is 11.6 Å². The largest absolute Gasteiger partial charge is 0.398 e. The number of aromatic nitrogens is 5. The lowest BCUT2D eigenvalue weighted by Gasteiger charge is -2.28. The van der Waals surface area contributed by atoms with Crippen molar-refractivity contribution in [3.8, 4) is 23.0 Å². The van der Waals surface area contributed by atoms with Crippen molar-refractivity contribution in [1.82, 2.24) is 30.2 Å². The zero-order valence-corrected chi connectivity index (χ0v) is 20.3. The Balaban J connectivity index is 1.18. The average Bonchev–Trinajstić information content (AvgIpc) is 3.46. The molecule has 2 aliphatic rings. The second kappa shape index (κ2) is 8.98. The first-order valence-electron chi connectivity index (χ1n) is 12.3. The van der Waals surface area contributed by atoms with Gasteiger partial charge in [0.1, 0.15) is 5.82 Å². The lowest BCUT2D eigenvalue weighted by Crippen LogP contribution is -2.43. The SMILES string of the molecule is Cc1cc(-c2nc(-c3ccc(C4(C(F)(F)F)CC4)cc3)no2)nn1Cc1ccnc(N2CCNCC2)c1. The lowest BCUT2D eigenvalue weighted by molar-refractivity contribution is -0.160. The maximum absolute atomic E-state index is 13.4. The third-order valence-electron chi connectivity index (χ3n) is 7.20. The summed E-state index contributed by atoms with van der Waals surface area (Å²) in [6.45, 7) is 6.26. The quantitative estimate of drug-likeness (QED) is 0.414. The van der Waals surface area contributed by atoms with E-state index in [4.69, 9.17) is 4.52 Å². The van der Waals surface area contributed by atoms with Crippen molar-refractivity contribution in [2.75, 3.05) is 31.1 Å². The Morgan fingerprint density at radius 1 is 1.05 bits per heavy atom. The van der Waals surface area contributed by atoms with Gasteiger partial charge in [-0.2, -0.15) is 23.3 Å². The van der Waals surface area contributed by atoms with Crippen molar-refractivity contribution in [3.05, 3.63) is 65.5 Å². The molecule has 0 radical (unpaired) electrons. The molecule has 8 nitrogen and oxygen atoms in total. The van der Waals surface area contributed by atoms with Crippen molar-refractivity contribution in [2.45, 2.75) is 37.9 Å². The highest BCUT2D eigenvalue weighted by atomic mass is 19.4. The predicted octanol–water partition coefficient (Wildman–Crippen LogP) is 4.36. The molecular formula is C26H26F3N7O. The van der Waals surface area contributed by atoms with Gasteiger partial charge in [0.15, 0.2) is 5.69 Å². The standard InChI is InChI=1S/C26H26F3N7O/c1-17-14-21(33-36(17)16-18-6-9-31-22(15-18)35-12-10-30-11-13-35)24-32-23(34-37-24)19-2-4-20(5-3-19)25(7-8-25)26(27,28)29/h2-6,9,14-15,30H,7-8,10-13,16H2,1H3. The van der Waals surface area contributed by atoms with Crippen LogP contribution in [0.4, 0.5) is 19.0 Å². The summed E-state index contributed by atoms with van der Waals surface area (Å²) < 4.78 is 47.6. The van der Waals surface area contributed by atoms with Crippen molar-refractivity contribution in [3.63, 3.8) is 0 Å². The number of halogens is 3. The van der Waals surface area contributed by atoms with E-state index in [0.717, 1.165) is 43.3 Å². The van der Waals surface area contributed by atoms with Crippen molar-refractivity contribution in [2.24, 2.45) is 0 Å². The molecule has 0 unspecified atom stereocenters. The van der Waals surface area contributed by atoms with Gasteiger partial charge in [0.05, 0.1) is 12.0 Å². The van der Waals surface area contributed by atoms with Crippen LogP contribution in [0.15, 0.2) is 53.2 Å². The molecule has 1 saturated heterocycles. The second-order valence-electron chi connectivity index (χ2n) is 9.67. The number of aryl methyl sites for hydroxylation is 1. The van der Waals surface area contributed by atoms with Crippen LogP contribution in [-0.4, -0.2) is 57.3 Å². The summed E-state index contributed by atoms with van der Waals surface area (Å²) in [5, 5.41) is 12.0. The molecule has 0 atom stereocenters. The van der Waals surface area contributed by atoms with Gasteiger partial charge in [-0.1, -0.05) is 29.4 Å². The van der Waals surface area contributed by atoms with E-state index in [9.17, 15) is 13.2 Å². The molecule has 1 saturated carbocycles. The summed E-state index contributed by atoms with van der Waals surface area (Å²) in [6, 6.07) is 12.2. The minimum atomic E-state index is -4.24. The fourth-order valence-electron chi connectivity index (χ4n) is 4.82. The fraction of sp³-hybridized carbons (Fsp3) is 0.385. The number of pyridine rings is 1. The first-order chi connectivity index (χ1) is 17.8. The van der Waals surface area contributed by atoms with E-state index in [1.54, 1.807) is 12.1 Å². The fourth-order valence-corrected chi connectivity index (χ4v) is 4.82. The molecule has 37 heavy (non-hydrogen) atoms. The Kier molecular flexibility index (Phi) is 5.74. The van der Waals surface area contributed by atoms with Gasteiger partial charge in [0.25, 0.3) is 5.89 Å². The van der Waals surface area contributed by atoms with E-state index in [0.29, 0.717) is 23.6 Å². The van der Waals surface area contributed by atoms with Crippen LogP contribution in [0, 0.1) is 6.92 Å². The number of nitrogens with one attached hydrogen (secondary N) is 1. The van der Waals surface area contributed by atoms with Gasteiger partial charge >= 0.3 is 6.18 Å². The van der Waals surface area contributed by atoms with Crippen molar-refractivity contribution in [1.29, 1.82) is 0 Å². The average molecular weight is 510 g/mol. The van der Waals surface area contributed by atoms with Gasteiger partial charge in [-0.3, -0.25) is 4.68 Å². The van der Waals surface area contributed by atoms with E-state index in [1.807, 2.05) is 29.9 Å². The van der Waals surface area contributed by atoms with Crippen molar-refractivity contribution < 1.29 is 17.7 Å². The molecule has 0 spiro atoms. The maximum Gasteiger partial charge on any atom is 0.398 e. The van der Waals surface area contributed by atoms with Crippen LogP contribution >= 0.6 is 0 Å². The van der Waals surface area contributed by atoms with Crippen LogP contribution in [0.5, 0.6) is 0 Å². The van der Waals surface area contributed by atoms with Gasteiger partial charge in [0.2, 0.25) is 5.82 Å². The molecule has 11 heteroatoms. The zero-order valence-electron chi connectivity index (χ0n) is 20.3. The van der Waals surface area contributed by atoms with Crippen LogP contribution in [-0.2, 0) is 12.0 Å². The van der Waals surface area contributed by atoms with E-state index in [1.165, 1.54) is 12.1 Å². The molecule has 6 rings (SSSR count). The topological polar surface area (TPSA) is 84.9 Å². The van der Waals surface area contributed by atoms with Crippen LogP contribution in [0.1, 0.15) is 29.7 Å². The number of anilines is 1. The summed E-state index contributed by atoms with van der Waals surface area (Å²) in [7, 11) is 0. The molecule has 1 aliphatic heterocycles. The monoisotopic (exact) mass is 509 g/mol. The van der Waals surface area contributed by atoms with Crippen LogP contribution in [0.2, 0.25) is 0 Å². The van der Waals surface area contributed by atoms with Crippen LogP contribution in [0.3, 0.4) is 0 Å². The first-order valence-corrected chi connectivity index (χ1v) is 12.3. The van der Waals surface area contributed by atoms with E-state index in [2.05, 4.69) is 36.5 Å². The van der Waals surface area contributed by atoms with Gasteiger partial charge in [0, 0.05) is 43.6 Å². The summed E-state index contributed by atoms with van der Waals surface area (Å²) in [5.41, 5.74) is 1.71. The third-order valence-corrected chi connectivity index (χ3v) is 7.20. The summed E-state index contributed by atoms with van der Waals surface area (Å²) in [5.74, 6) is 1.52. The molecule has 4 aromatic rings. The van der Waals surface area contributed by atoms with Gasteiger partial charge < -0.3 is 14.7 Å². The number of benzene rings is 1. The summed E-state index contributed by atoms with van der Waals surface area (Å²) in [6.07, 6.45) is -2.17. The Morgan fingerprint density at radius 3 is 2.51 bits per heavy atom. The number of nitrogens with zero attached hydrogens (tertiary/aromatic N) is 6. The summed E-state index contributed by atoms with van der Waals surface area (Å²) >= 11 is 0. The summed E-state index contributed by atoms with van der Waals surface area (Å²) in [4.78, 5) is 11.2. The van der Waals surface area contributed by atoms with Crippen molar-refractivity contribution >= 4 is 5.82 Å². The first kappa shape index (κ1) is 23.7. The van der Waals surface area contributed by atoms with Crippen LogP contribution < -0.4 is 10.2 Å². The predicted molar refractivity (Wildman–Crippen MR) is 131 cm³/mol. The molecule has 1 aromatic carbocycles. The Hall–Kier alpha value is -3.73. The van der Waals surface area contributed by atoms with Gasteiger partial charge in [-0.05, 0) is 49.1 Å². The van der Waals surface area contributed by atoms with Gasteiger partial charge in [-0.15, -0.1) is 0 Å². The van der Waals surface area contributed by atoms with Gasteiger partial charge in [-0.25, -0.2) is 4.98 Å². The molecule has 2 fully saturated rings. The van der Waals surface area contributed by atoms with Crippen LogP contribution in [0.25, 0.3) is 23.0 Å². The molecule has 0 bridgehead atoms. The molecule has 4 heterocycles. The van der Waals surface area contributed by atoms with E-state index >= 15 is 0 Å². The Labute approximate surface area is 211 Å². The molecule has 1 N–H and O–H groups in total. The smallest absolute Gasteiger partial charge is 0.354 e. The minimum absolute atomic E-state index is 0.126. The molecule has 192 valence electrons. The number of hydrogen-bond donors (Lipinski definition) is 1.